The van der Waals surface area contributed by atoms with Gasteiger partial charge in [0.15, 0.2) is 5.11 Å². The van der Waals surface area contributed by atoms with Crippen LogP contribution in [0.5, 0.6) is 0 Å². The molecule has 1 saturated heterocycles. The molecule has 1 fully saturated rings. The third-order valence-corrected chi connectivity index (χ3v) is 6.74. The van der Waals surface area contributed by atoms with Crippen LogP contribution in [0.2, 0.25) is 5.02 Å². The van der Waals surface area contributed by atoms with Crippen molar-refractivity contribution in [2.24, 2.45) is 0 Å². The molecule has 0 bridgehead atoms. The van der Waals surface area contributed by atoms with Crippen LogP contribution in [0, 0.1) is 13.8 Å². The summed E-state index contributed by atoms with van der Waals surface area (Å²) in [6, 6.07) is 13.6. The standard InChI is InChI=1S/C25H29ClN4O2S/c1-17-6-7-19-14-20(24(31)28-23(19)18(17)2)16-30(9-8-29-10-12-32-13-11-29)25(33)27-22-5-3-4-21(26)15-22/h3-7,14-15H,8-13,16H2,1-2H3,(H,27,33)(H,28,31). The lowest BCUT2D eigenvalue weighted by Crippen LogP contribution is -2.44. The van der Waals surface area contributed by atoms with E-state index in [0.29, 0.717) is 28.8 Å². The van der Waals surface area contributed by atoms with Gasteiger partial charge >= 0.3 is 0 Å². The normalized spacial score (nSPS) is 14.4. The fraction of sp³-hybridized carbons (Fsp3) is 0.360. The van der Waals surface area contributed by atoms with Gasteiger partial charge in [0.2, 0.25) is 0 Å². The second kappa shape index (κ2) is 10.7. The Morgan fingerprint density at radius 2 is 2.00 bits per heavy atom. The summed E-state index contributed by atoms with van der Waals surface area (Å²) in [5.74, 6) is 0. The third kappa shape index (κ3) is 5.92. The lowest BCUT2D eigenvalue weighted by atomic mass is 10.0. The summed E-state index contributed by atoms with van der Waals surface area (Å²) >= 11 is 11.9. The van der Waals surface area contributed by atoms with E-state index in [2.05, 4.69) is 27.3 Å². The molecule has 0 spiro atoms. The largest absolute Gasteiger partial charge is 0.379 e. The quantitative estimate of drug-likeness (QED) is 0.508. The number of ether oxygens (including phenoxy) is 1. The molecule has 1 aliphatic rings. The summed E-state index contributed by atoms with van der Waals surface area (Å²) in [4.78, 5) is 20.5. The number of fused-ring (bicyclic) bond motifs is 1. The van der Waals surface area contributed by atoms with Crippen molar-refractivity contribution in [1.29, 1.82) is 0 Å². The Bertz CT molecular complexity index is 1210. The highest BCUT2D eigenvalue weighted by atomic mass is 35.5. The summed E-state index contributed by atoms with van der Waals surface area (Å²) in [7, 11) is 0. The Morgan fingerprint density at radius 3 is 2.76 bits per heavy atom. The van der Waals surface area contributed by atoms with Gasteiger partial charge in [-0.05, 0) is 66.8 Å². The van der Waals surface area contributed by atoms with Crippen LogP contribution in [0.15, 0.2) is 47.3 Å². The van der Waals surface area contributed by atoms with Gasteiger partial charge in [0.05, 0.1) is 25.3 Å². The van der Waals surface area contributed by atoms with Gasteiger partial charge < -0.3 is 19.9 Å². The maximum absolute atomic E-state index is 13.0. The van der Waals surface area contributed by atoms with E-state index in [1.807, 2.05) is 49.1 Å². The first-order chi connectivity index (χ1) is 15.9. The summed E-state index contributed by atoms with van der Waals surface area (Å²) in [5.41, 5.74) is 4.56. The molecule has 1 aliphatic heterocycles. The maximum atomic E-state index is 13.0. The first-order valence-electron chi connectivity index (χ1n) is 11.1. The molecule has 0 radical (unpaired) electrons. The van der Waals surface area contributed by atoms with Crippen molar-refractivity contribution in [3.63, 3.8) is 0 Å². The van der Waals surface area contributed by atoms with Crippen molar-refractivity contribution in [2.45, 2.75) is 20.4 Å². The molecule has 2 N–H and O–H groups in total. The highest BCUT2D eigenvalue weighted by Crippen LogP contribution is 2.20. The Kier molecular flexibility index (Phi) is 7.65. The van der Waals surface area contributed by atoms with Crippen LogP contribution in [0.1, 0.15) is 16.7 Å². The maximum Gasteiger partial charge on any atom is 0.253 e. The molecule has 2 heterocycles. The van der Waals surface area contributed by atoms with Gasteiger partial charge in [-0.15, -0.1) is 0 Å². The number of nitrogens with one attached hydrogen (secondary N) is 2. The molecule has 8 heteroatoms. The lowest BCUT2D eigenvalue weighted by Gasteiger charge is -2.31. The van der Waals surface area contributed by atoms with Crippen LogP contribution in [-0.4, -0.2) is 59.3 Å². The van der Waals surface area contributed by atoms with Gasteiger partial charge in [-0.3, -0.25) is 9.69 Å². The molecular weight excluding hydrogens is 456 g/mol. The Morgan fingerprint density at radius 1 is 1.21 bits per heavy atom. The number of nitrogens with zero attached hydrogens (tertiary/aromatic N) is 2. The number of anilines is 1. The zero-order chi connectivity index (χ0) is 23.4. The number of H-pyrrole nitrogens is 1. The predicted molar refractivity (Wildman–Crippen MR) is 139 cm³/mol. The van der Waals surface area contributed by atoms with Crippen molar-refractivity contribution < 1.29 is 4.74 Å². The molecule has 2 aromatic carbocycles. The molecule has 0 amide bonds. The van der Waals surface area contributed by atoms with Crippen LogP contribution in [0.4, 0.5) is 5.69 Å². The van der Waals surface area contributed by atoms with Crippen molar-refractivity contribution in [1.82, 2.24) is 14.8 Å². The van der Waals surface area contributed by atoms with Gasteiger partial charge in [-0.25, -0.2) is 0 Å². The second-order valence-corrected chi connectivity index (χ2v) is 9.23. The second-order valence-electron chi connectivity index (χ2n) is 8.41. The SMILES string of the molecule is Cc1ccc2cc(CN(CCN3CCOCC3)C(=S)Nc3cccc(Cl)c3)c(=O)[nH]c2c1C. The Hall–Kier alpha value is -2.45. The number of benzene rings is 2. The number of hydrogen-bond donors (Lipinski definition) is 2. The highest BCUT2D eigenvalue weighted by molar-refractivity contribution is 7.80. The number of thiocarbonyl (C=S) groups is 1. The topological polar surface area (TPSA) is 60.6 Å². The van der Waals surface area contributed by atoms with Gasteiger partial charge in [-0.1, -0.05) is 29.8 Å². The highest BCUT2D eigenvalue weighted by Gasteiger charge is 2.17. The first-order valence-corrected chi connectivity index (χ1v) is 11.9. The number of aromatic nitrogens is 1. The van der Waals surface area contributed by atoms with Gasteiger partial charge in [0.25, 0.3) is 5.56 Å². The number of rotatable bonds is 6. The van der Waals surface area contributed by atoms with Gasteiger partial charge in [0, 0.05) is 42.5 Å². The number of hydrogen-bond acceptors (Lipinski definition) is 4. The summed E-state index contributed by atoms with van der Waals surface area (Å²) < 4.78 is 5.46. The fourth-order valence-corrected chi connectivity index (χ4v) is 4.47. The molecule has 6 nitrogen and oxygen atoms in total. The average molecular weight is 485 g/mol. The molecule has 174 valence electrons. The monoisotopic (exact) mass is 484 g/mol. The van der Waals surface area contributed by atoms with Crippen LogP contribution in [-0.2, 0) is 11.3 Å². The minimum Gasteiger partial charge on any atom is -0.379 e. The van der Waals surface area contributed by atoms with Crippen molar-refractivity contribution >= 4 is 45.5 Å². The van der Waals surface area contributed by atoms with Crippen LogP contribution in [0.25, 0.3) is 10.9 Å². The van der Waals surface area contributed by atoms with Crippen LogP contribution in [0.3, 0.4) is 0 Å². The van der Waals surface area contributed by atoms with Gasteiger partial charge in [-0.2, -0.15) is 0 Å². The smallest absolute Gasteiger partial charge is 0.253 e. The molecule has 33 heavy (non-hydrogen) atoms. The molecular formula is C25H29ClN4O2S. The molecule has 0 atom stereocenters. The third-order valence-electron chi connectivity index (χ3n) is 6.14. The first kappa shape index (κ1) is 23.7. The fourth-order valence-electron chi connectivity index (χ4n) is 4.00. The number of aryl methyl sites for hydroxylation is 2. The lowest BCUT2D eigenvalue weighted by molar-refractivity contribution is 0.0358. The summed E-state index contributed by atoms with van der Waals surface area (Å²) in [6.45, 7) is 9.31. The zero-order valence-electron chi connectivity index (χ0n) is 19.0. The van der Waals surface area contributed by atoms with Crippen LogP contribution < -0.4 is 10.9 Å². The van der Waals surface area contributed by atoms with E-state index in [-0.39, 0.29) is 5.56 Å². The van der Waals surface area contributed by atoms with Crippen LogP contribution >= 0.6 is 23.8 Å². The molecule has 3 aromatic rings. The average Bonchev–Trinajstić information content (AvgIpc) is 2.80. The number of halogens is 1. The van der Waals surface area contributed by atoms with E-state index in [0.717, 1.165) is 60.6 Å². The van der Waals surface area contributed by atoms with E-state index >= 15 is 0 Å². The van der Waals surface area contributed by atoms with Gasteiger partial charge in [0.1, 0.15) is 0 Å². The predicted octanol–water partition coefficient (Wildman–Crippen LogP) is 4.33. The number of pyridine rings is 1. The van der Waals surface area contributed by atoms with E-state index < -0.39 is 0 Å². The Balaban J connectivity index is 1.58. The van der Waals surface area contributed by atoms with Crippen molar-refractivity contribution in [3.05, 3.63) is 74.5 Å². The minimum atomic E-state index is -0.0851. The molecule has 0 aliphatic carbocycles. The summed E-state index contributed by atoms with van der Waals surface area (Å²) in [5, 5.41) is 5.50. The van der Waals surface area contributed by atoms with E-state index in [9.17, 15) is 4.79 Å². The molecule has 4 rings (SSSR count). The van der Waals surface area contributed by atoms with E-state index in [1.54, 1.807) is 0 Å². The zero-order valence-corrected chi connectivity index (χ0v) is 20.6. The number of aromatic amines is 1. The van der Waals surface area contributed by atoms with E-state index in [4.69, 9.17) is 28.6 Å². The molecule has 0 saturated carbocycles. The summed E-state index contributed by atoms with van der Waals surface area (Å²) in [6.07, 6.45) is 0. The molecule has 0 unspecified atom stereocenters. The minimum absolute atomic E-state index is 0.0851. The number of morpholine rings is 1. The molecule has 1 aromatic heterocycles. The van der Waals surface area contributed by atoms with Crippen molar-refractivity contribution in [3.8, 4) is 0 Å². The van der Waals surface area contributed by atoms with Crippen molar-refractivity contribution in [2.75, 3.05) is 44.7 Å². The Labute approximate surface area is 204 Å². The van der Waals surface area contributed by atoms with E-state index in [1.165, 1.54) is 0 Å².